The molecule has 92 valence electrons. The van der Waals surface area contributed by atoms with Gasteiger partial charge in [-0.3, -0.25) is 4.79 Å². The second-order valence-electron chi connectivity index (χ2n) is 3.87. The van der Waals surface area contributed by atoms with Crippen molar-refractivity contribution >= 4 is 11.6 Å². The van der Waals surface area contributed by atoms with E-state index in [0.29, 0.717) is 5.69 Å². The third kappa shape index (κ3) is 2.13. The van der Waals surface area contributed by atoms with E-state index in [1.54, 1.807) is 19.2 Å². The lowest BCUT2D eigenvalue weighted by Crippen LogP contribution is -2.26. The van der Waals surface area contributed by atoms with Gasteiger partial charge in [0.2, 0.25) is 0 Å². The highest BCUT2D eigenvalue weighted by Crippen LogP contribution is 2.28. The van der Waals surface area contributed by atoms with E-state index < -0.39 is 5.91 Å². The van der Waals surface area contributed by atoms with Gasteiger partial charge < -0.3 is 15.1 Å². The van der Waals surface area contributed by atoms with Crippen LogP contribution in [0.15, 0.2) is 48.5 Å². The van der Waals surface area contributed by atoms with Gasteiger partial charge in [-0.15, -0.1) is 0 Å². The van der Waals surface area contributed by atoms with Gasteiger partial charge in [0.25, 0.3) is 5.91 Å². The highest BCUT2D eigenvalue weighted by molar-refractivity contribution is 6.09. The predicted molar refractivity (Wildman–Crippen MR) is 68.9 cm³/mol. The van der Waals surface area contributed by atoms with Crippen LogP contribution in [0.2, 0.25) is 0 Å². The molecule has 0 fully saturated rings. The zero-order chi connectivity index (χ0) is 13.1. The third-order valence-electron chi connectivity index (χ3n) is 2.68. The van der Waals surface area contributed by atoms with Crippen LogP contribution in [-0.4, -0.2) is 23.2 Å². The number of benzene rings is 2. The molecule has 0 aliphatic rings. The van der Waals surface area contributed by atoms with Crippen LogP contribution in [0.3, 0.4) is 0 Å². The fraction of sp³-hybridized carbons (Fsp3) is 0.0714. The molecule has 18 heavy (non-hydrogen) atoms. The number of aromatic hydroxyl groups is 2. The Balaban J connectivity index is 2.38. The third-order valence-corrected chi connectivity index (χ3v) is 2.68. The Labute approximate surface area is 105 Å². The first-order valence-electron chi connectivity index (χ1n) is 5.45. The molecule has 0 aromatic heterocycles. The molecule has 2 aromatic carbocycles. The van der Waals surface area contributed by atoms with Crippen LogP contribution >= 0.6 is 0 Å². The van der Waals surface area contributed by atoms with Crippen molar-refractivity contribution in [2.45, 2.75) is 0 Å². The number of carbonyl (C=O) groups is 1. The molecule has 0 heterocycles. The summed E-state index contributed by atoms with van der Waals surface area (Å²) in [5.41, 5.74) is 0.592. The second kappa shape index (κ2) is 4.79. The molecule has 0 saturated heterocycles. The summed E-state index contributed by atoms with van der Waals surface area (Å²) in [7, 11) is 1.59. The predicted octanol–water partition coefficient (Wildman–Crippen LogP) is 2.37. The SMILES string of the molecule is CN(C(=O)c1c(O)cccc1O)c1ccccc1. The van der Waals surface area contributed by atoms with E-state index in [9.17, 15) is 15.0 Å². The Morgan fingerprint density at radius 2 is 1.50 bits per heavy atom. The summed E-state index contributed by atoms with van der Waals surface area (Å²) in [5, 5.41) is 19.3. The van der Waals surface area contributed by atoms with Gasteiger partial charge in [0.1, 0.15) is 17.1 Å². The lowest BCUT2D eigenvalue weighted by Gasteiger charge is -2.18. The minimum atomic E-state index is -0.461. The Bertz CT molecular complexity index is 546. The standard InChI is InChI=1S/C14H13NO3/c1-15(10-6-3-2-4-7-10)14(18)13-11(16)8-5-9-12(13)17/h2-9,16-17H,1H3. The topological polar surface area (TPSA) is 60.8 Å². The molecule has 0 aliphatic heterocycles. The van der Waals surface area contributed by atoms with Crippen molar-refractivity contribution in [3.8, 4) is 11.5 Å². The maximum atomic E-state index is 12.2. The lowest BCUT2D eigenvalue weighted by molar-refractivity contribution is 0.0987. The molecule has 0 bridgehead atoms. The van der Waals surface area contributed by atoms with Crippen LogP contribution in [0.25, 0.3) is 0 Å². The summed E-state index contributed by atoms with van der Waals surface area (Å²) in [5.74, 6) is -0.928. The first-order valence-corrected chi connectivity index (χ1v) is 5.45. The molecule has 0 unspecified atom stereocenters. The molecule has 2 rings (SSSR count). The Hall–Kier alpha value is -2.49. The number of nitrogens with zero attached hydrogens (tertiary/aromatic N) is 1. The zero-order valence-electron chi connectivity index (χ0n) is 9.87. The van der Waals surface area contributed by atoms with Crippen LogP contribution < -0.4 is 4.90 Å². The fourth-order valence-corrected chi connectivity index (χ4v) is 1.68. The highest BCUT2D eigenvalue weighted by atomic mass is 16.3. The molecule has 4 heteroatoms. The Morgan fingerprint density at radius 3 is 2.06 bits per heavy atom. The molecule has 1 amide bonds. The number of para-hydroxylation sites is 1. The Morgan fingerprint density at radius 1 is 0.944 bits per heavy atom. The minimum absolute atomic E-state index is 0.0937. The summed E-state index contributed by atoms with van der Waals surface area (Å²) in [4.78, 5) is 13.6. The largest absolute Gasteiger partial charge is 0.507 e. The van der Waals surface area contributed by atoms with Gasteiger partial charge in [0.15, 0.2) is 0 Å². The number of rotatable bonds is 2. The van der Waals surface area contributed by atoms with Crippen LogP contribution in [-0.2, 0) is 0 Å². The quantitative estimate of drug-likeness (QED) is 0.851. The molecule has 2 aromatic rings. The van der Waals surface area contributed by atoms with Crippen molar-refractivity contribution in [2.24, 2.45) is 0 Å². The van der Waals surface area contributed by atoms with Gasteiger partial charge in [-0.25, -0.2) is 0 Å². The van der Waals surface area contributed by atoms with Crippen LogP contribution in [0.1, 0.15) is 10.4 Å². The zero-order valence-corrected chi connectivity index (χ0v) is 9.87. The molecular weight excluding hydrogens is 230 g/mol. The monoisotopic (exact) mass is 243 g/mol. The number of phenols is 2. The molecule has 0 spiro atoms. The molecule has 2 N–H and O–H groups in total. The van der Waals surface area contributed by atoms with E-state index >= 15 is 0 Å². The van der Waals surface area contributed by atoms with Gasteiger partial charge in [0, 0.05) is 12.7 Å². The lowest BCUT2D eigenvalue weighted by atomic mass is 10.1. The average Bonchev–Trinajstić information content (AvgIpc) is 2.38. The molecule has 4 nitrogen and oxygen atoms in total. The van der Waals surface area contributed by atoms with E-state index in [2.05, 4.69) is 0 Å². The van der Waals surface area contributed by atoms with Crippen LogP contribution in [0.4, 0.5) is 5.69 Å². The van der Waals surface area contributed by atoms with Crippen molar-refractivity contribution in [1.29, 1.82) is 0 Å². The number of anilines is 1. The Kier molecular flexibility index (Phi) is 3.19. The first-order chi connectivity index (χ1) is 8.61. The molecule has 0 aliphatic carbocycles. The van der Waals surface area contributed by atoms with Crippen molar-refractivity contribution in [3.05, 3.63) is 54.1 Å². The van der Waals surface area contributed by atoms with Crippen molar-refractivity contribution in [2.75, 3.05) is 11.9 Å². The van der Waals surface area contributed by atoms with E-state index in [1.165, 1.54) is 23.1 Å². The number of hydrogen-bond donors (Lipinski definition) is 2. The van der Waals surface area contributed by atoms with Crippen molar-refractivity contribution in [3.63, 3.8) is 0 Å². The van der Waals surface area contributed by atoms with Crippen LogP contribution in [0, 0.1) is 0 Å². The van der Waals surface area contributed by atoms with Crippen molar-refractivity contribution in [1.82, 2.24) is 0 Å². The van der Waals surface area contributed by atoms with Gasteiger partial charge in [-0.1, -0.05) is 24.3 Å². The van der Waals surface area contributed by atoms with Gasteiger partial charge >= 0.3 is 0 Å². The molecule has 0 radical (unpaired) electrons. The summed E-state index contributed by atoms with van der Waals surface area (Å²) in [6.45, 7) is 0. The molecule has 0 atom stereocenters. The highest BCUT2D eigenvalue weighted by Gasteiger charge is 2.20. The van der Waals surface area contributed by atoms with E-state index in [-0.39, 0.29) is 17.1 Å². The summed E-state index contributed by atoms with van der Waals surface area (Å²) in [6, 6.07) is 13.2. The van der Waals surface area contributed by atoms with Crippen LogP contribution in [0.5, 0.6) is 11.5 Å². The second-order valence-corrected chi connectivity index (χ2v) is 3.87. The number of hydrogen-bond acceptors (Lipinski definition) is 3. The van der Waals surface area contributed by atoms with Gasteiger partial charge in [-0.05, 0) is 24.3 Å². The van der Waals surface area contributed by atoms with Gasteiger partial charge in [0.05, 0.1) is 0 Å². The minimum Gasteiger partial charge on any atom is -0.507 e. The average molecular weight is 243 g/mol. The van der Waals surface area contributed by atoms with E-state index in [0.717, 1.165) is 0 Å². The maximum Gasteiger partial charge on any atom is 0.265 e. The van der Waals surface area contributed by atoms with Gasteiger partial charge in [-0.2, -0.15) is 0 Å². The van der Waals surface area contributed by atoms with Crippen molar-refractivity contribution < 1.29 is 15.0 Å². The summed E-state index contributed by atoms with van der Waals surface area (Å²) in [6.07, 6.45) is 0. The number of amides is 1. The number of carbonyl (C=O) groups excluding carboxylic acids is 1. The smallest absolute Gasteiger partial charge is 0.265 e. The maximum absolute atomic E-state index is 12.2. The molecule has 0 saturated carbocycles. The normalized spacial score (nSPS) is 10.1. The number of phenolic OH excluding ortho intramolecular Hbond substituents is 2. The van der Waals surface area contributed by atoms with E-state index in [1.807, 2.05) is 18.2 Å². The summed E-state index contributed by atoms with van der Waals surface area (Å²) < 4.78 is 0. The molecular formula is C14H13NO3. The van der Waals surface area contributed by atoms with E-state index in [4.69, 9.17) is 0 Å². The fourth-order valence-electron chi connectivity index (χ4n) is 1.68. The first kappa shape index (κ1) is 12.0. The summed E-state index contributed by atoms with van der Waals surface area (Å²) >= 11 is 0.